The van der Waals surface area contributed by atoms with E-state index < -0.39 is 0 Å². The molecule has 1 aliphatic rings. The molecule has 1 aliphatic heterocycles. The normalized spacial score (nSPS) is 13.7. The van der Waals surface area contributed by atoms with Crippen molar-refractivity contribution in [2.45, 2.75) is 39.8 Å². The summed E-state index contributed by atoms with van der Waals surface area (Å²) in [6.07, 6.45) is 2.16. The highest BCUT2D eigenvalue weighted by Gasteiger charge is 2.17. The molecule has 0 atom stereocenters. The molecule has 3 rings (SSSR count). The van der Waals surface area contributed by atoms with Gasteiger partial charge in [-0.1, -0.05) is 30.3 Å². The van der Waals surface area contributed by atoms with Crippen LogP contribution in [0, 0.1) is 0 Å². The molecule has 0 aromatic heterocycles. The lowest BCUT2D eigenvalue weighted by Gasteiger charge is -2.16. The number of hydrogen-bond acceptors (Lipinski definition) is 3. The average Bonchev–Trinajstić information content (AvgIpc) is 3.32. The quantitative estimate of drug-likeness (QED) is 0.444. The van der Waals surface area contributed by atoms with Gasteiger partial charge in [-0.2, -0.15) is 0 Å². The van der Waals surface area contributed by atoms with Crippen LogP contribution < -0.4 is 20.7 Å². The maximum Gasteiger partial charge on any atom is 0.321 e. The summed E-state index contributed by atoms with van der Waals surface area (Å²) in [4.78, 5) is 18.9. The third-order valence-corrected chi connectivity index (χ3v) is 5.05. The molecule has 1 saturated heterocycles. The second-order valence-corrected chi connectivity index (χ2v) is 7.41. The van der Waals surface area contributed by atoms with Crippen molar-refractivity contribution in [1.82, 2.24) is 15.5 Å². The van der Waals surface area contributed by atoms with E-state index in [1.807, 2.05) is 67.3 Å². The Labute approximate surface area is 184 Å². The van der Waals surface area contributed by atoms with Gasteiger partial charge >= 0.3 is 6.03 Å². The van der Waals surface area contributed by atoms with Gasteiger partial charge in [0.05, 0.1) is 13.2 Å². The third-order valence-electron chi connectivity index (χ3n) is 5.05. The molecule has 0 bridgehead atoms. The Kier molecular flexibility index (Phi) is 8.58. The number of para-hydroxylation sites is 1. The molecule has 31 heavy (non-hydrogen) atoms. The van der Waals surface area contributed by atoms with Crippen molar-refractivity contribution in [3.63, 3.8) is 0 Å². The Morgan fingerprint density at radius 1 is 1.06 bits per heavy atom. The van der Waals surface area contributed by atoms with Crippen molar-refractivity contribution in [2.24, 2.45) is 4.99 Å². The van der Waals surface area contributed by atoms with Crippen LogP contribution in [-0.2, 0) is 13.1 Å². The number of guanidine groups is 1. The number of nitrogens with zero attached hydrogens (tertiary/aromatic N) is 2. The number of amides is 2. The summed E-state index contributed by atoms with van der Waals surface area (Å²) in [5.74, 6) is 1.62. The number of nitrogens with one attached hydrogen (secondary N) is 3. The Morgan fingerprint density at radius 2 is 1.87 bits per heavy atom. The fourth-order valence-corrected chi connectivity index (χ4v) is 3.51. The Bertz CT molecular complexity index is 878. The summed E-state index contributed by atoms with van der Waals surface area (Å²) in [5.41, 5.74) is 2.92. The van der Waals surface area contributed by atoms with E-state index in [2.05, 4.69) is 16.0 Å². The topological polar surface area (TPSA) is 78.0 Å². The van der Waals surface area contributed by atoms with Gasteiger partial charge in [-0.25, -0.2) is 9.79 Å². The van der Waals surface area contributed by atoms with E-state index in [1.165, 1.54) is 0 Å². The fraction of sp³-hybridized carbons (Fsp3) is 0.417. The number of anilines is 1. The highest BCUT2D eigenvalue weighted by Crippen LogP contribution is 2.18. The molecule has 7 heteroatoms. The molecule has 0 spiro atoms. The summed E-state index contributed by atoms with van der Waals surface area (Å²) in [6.45, 7) is 8.22. The number of aliphatic imine (C=N–C) groups is 1. The summed E-state index contributed by atoms with van der Waals surface area (Å²) < 4.78 is 5.70. The van der Waals surface area contributed by atoms with Crippen LogP contribution >= 0.6 is 0 Å². The highest BCUT2D eigenvalue weighted by molar-refractivity contribution is 5.89. The van der Waals surface area contributed by atoms with Crippen molar-refractivity contribution in [3.8, 4) is 5.75 Å². The number of ether oxygens (including phenoxy) is 1. The predicted molar refractivity (Wildman–Crippen MR) is 126 cm³/mol. The number of carbonyl (C=O) groups excluding carboxylic acids is 1. The largest absolute Gasteiger partial charge is 0.494 e. The van der Waals surface area contributed by atoms with Gasteiger partial charge in [0, 0.05) is 37.4 Å². The molecule has 2 aromatic carbocycles. The van der Waals surface area contributed by atoms with E-state index in [4.69, 9.17) is 9.73 Å². The number of hydrogen-bond donors (Lipinski definition) is 3. The number of rotatable bonds is 8. The molecule has 2 aromatic rings. The monoisotopic (exact) mass is 423 g/mol. The molecule has 0 radical (unpaired) electrons. The van der Waals surface area contributed by atoms with Crippen molar-refractivity contribution in [3.05, 3.63) is 59.7 Å². The number of urea groups is 1. The molecule has 1 heterocycles. The molecule has 166 valence electrons. The minimum atomic E-state index is -0.0267. The van der Waals surface area contributed by atoms with Gasteiger partial charge in [-0.3, -0.25) is 0 Å². The first-order valence-electron chi connectivity index (χ1n) is 11.1. The highest BCUT2D eigenvalue weighted by atomic mass is 16.5. The minimum Gasteiger partial charge on any atom is -0.494 e. The van der Waals surface area contributed by atoms with Crippen LogP contribution in [0.1, 0.15) is 37.8 Å². The third kappa shape index (κ3) is 6.91. The lowest BCUT2D eigenvalue weighted by molar-refractivity contribution is 0.222. The van der Waals surface area contributed by atoms with Crippen LogP contribution in [-0.4, -0.2) is 43.1 Å². The van der Waals surface area contributed by atoms with Crippen LogP contribution in [0.4, 0.5) is 10.5 Å². The Hall–Kier alpha value is -3.22. The SMILES string of the molecule is CCNC(=NCc1cccc(NC(=O)N2CCCC2)c1)NCc1ccccc1OCC. The number of benzene rings is 2. The molecule has 1 fully saturated rings. The summed E-state index contributed by atoms with van der Waals surface area (Å²) >= 11 is 0. The van der Waals surface area contributed by atoms with Crippen LogP contribution in [0.25, 0.3) is 0 Å². The lowest BCUT2D eigenvalue weighted by atomic mass is 10.2. The van der Waals surface area contributed by atoms with E-state index in [0.717, 1.165) is 61.0 Å². The molecule has 3 N–H and O–H groups in total. The zero-order chi connectivity index (χ0) is 21.9. The predicted octanol–water partition coefficient (Wildman–Crippen LogP) is 3.97. The van der Waals surface area contributed by atoms with Gasteiger partial charge in [0.25, 0.3) is 0 Å². The molecule has 0 saturated carbocycles. The first kappa shape index (κ1) is 22.5. The molecule has 0 aliphatic carbocycles. The van der Waals surface area contributed by atoms with E-state index in [-0.39, 0.29) is 6.03 Å². The maximum atomic E-state index is 12.3. The number of likely N-dealkylation sites (tertiary alicyclic amines) is 1. The van der Waals surface area contributed by atoms with E-state index in [9.17, 15) is 4.79 Å². The van der Waals surface area contributed by atoms with Gasteiger partial charge < -0.3 is 25.6 Å². The Balaban J connectivity index is 1.60. The van der Waals surface area contributed by atoms with E-state index in [0.29, 0.717) is 19.7 Å². The summed E-state index contributed by atoms with van der Waals surface area (Å²) in [5, 5.41) is 9.65. The first-order chi connectivity index (χ1) is 15.2. The molecular formula is C24H33N5O2. The van der Waals surface area contributed by atoms with Gasteiger partial charge in [0.1, 0.15) is 5.75 Å². The second-order valence-electron chi connectivity index (χ2n) is 7.41. The smallest absolute Gasteiger partial charge is 0.321 e. The van der Waals surface area contributed by atoms with E-state index in [1.54, 1.807) is 0 Å². The molecule has 0 unspecified atom stereocenters. The van der Waals surface area contributed by atoms with E-state index >= 15 is 0 Å². The first-order valence-corrected chi connectivity index (χ1v) is 11.1. The van der Waals surface area contributed by atoms with Crippen molar-refractivity contribution in [2.75, 3.05) is 31.6 Å². The van der Waals surface area contributed by atoms with Crippen LogP contribution in [0.3, 0.4) is 0 Å². The number of carbonyl (C=O) groups is 1. The van der Waals surface area contributed by atoms with Crippen molar-refractivity contribution in [1.29, 1.82) is 0 Å². The Morgan fingerprint density at radius 3 is 2.65 bits per heavy atom. The second kappa shape index (κ2) is 11.8. The summed E-state index contributed by atoms with van der Waals surface area (Å²) in [6, 6.07) is 15.8. The summed E-state index contributed by atoms with van der Waals surface area (Å²) in [7, 11) is 0. The van der Waals surface area contributed by atoms with Gasteiger partial charge in [0.2, 0.25) is 0 Å². The maximum absolute atomic E-state index is 12.3. The van der Waals surface area contributed by atoms with Gasteiger partial charge in [0.15, 0.2) is 5.96 Å². The van der Waals surface area contributed by atoms with Crippen molar-refractivity contribution >= 4 is 17.7 Å². The lowest BCUT2D eigenvalue weighted by Crippen LogP contribution is -2.36. The van der Waals surface area contributed by atoms with Crippen LogP contribution in [0.15, 0.2) is 53.5 Å². The van der Waals surface area contributed by atoms with Gasteiger partial charge in [-0.05, 0) is 50.5 Å². The van der Waals surface area contributed by atoms with Crippen LogP contribution in [0.5, 0.6) is 5.75 Å². The average molecular weight is 424 g/mol. The fourth-order valence-electron chi connectivity index (χ4n) is 3.51. The van der Waals surface area contributed by atoms with Crippen LogP contribution in [0.2, 0.25) is 0 Å². The standard InChI is InChI=1S/C24H33N5O2/c1-3-25-23(27-18-20-11-5-6-13-22(20)31-4-2)26-17-19-10-9-12-21(16-19)28-24(30)29-14-7-8-15-29/h5-6,9-13,16H,3-4,7-8,14-15,17-18H2,1-2H3,(H,28,30)(H2,25,26,27). The zero-order valence-electron chi connectivity index (χ0n) is 18.5. The zero-order valence-corrected chi connectivity index (χ0v) is 18.5. The van der Waals surface area contributed by atoms with Gasteiger partial charge in [-0.15, -0.1) is 0 Å². The molecule has 7 nitrogen and oxygen atoms in total. The molecular weight excluding hydrogens is 390 g/mol. The van der Waals surface area contributed by atoms with Crippen molar-refractivity contribution < 1.29 is 9.53 Å². The minimum absolute atomic E-state index is 0.0267. The molecule has 2 amide bonds.